The van der Waals surface area contributed by atoms with E-state index in [1.54, 1.807) is 26.0 Å². The smallest absolute Gasteiger partial charge is 0.306 e. The number of benzene rings is 1. The zero-order chi connectivity index (χ0) is 14.7. The molecule has 1 aromatic heterocycles. The summed E-state index contributed by atoms with van der Waals surface area (Å²) >= 11 is 0. The van der Waals surface area contributed by atoms with Gasteiger partial charge >= 0.3 is 5.97 Å². The van der Waals surface area contributed by atoms with Crippen LogP contribution in [0.4, 0.5) is 4.39 Å². The second-order valence-corrected chi connectivity index (χ2v) is 4.72. The van der Waals surface area contributed by atoms with Gasteiger partial charge < -0.3 is 5.11 Å². The third-order valence-corrected chi connectivity index (χ3v) is 3.14. The summed E-state index contributed by atoms with van der Waals surface area (Å²) in [6, 6.07) is 4.63. The number of carboxylic acids is 1. The van der Waals surface area contributed by atoms with Crippen molar-refractivity contribution in [2.24, 2.45) is 5.92 Å². The molecule has 1 aromatic carbocycles. The van der Waals surface area contributed by atoms with E-state index in [1.807, 2.05) is 0 Å². The Labute approximate surface area is 115 Å². The molecule has 2 rings (SSSR count). The van der Waals surface area contributed by atoms with Gasteiger partial charge in [-0.3, -0.25) is 4.79 Å². The Morgan fingerprint density at radius 2 is 2.25 bits per heavy atom. The van der Waals surface area contributed by atoms with E-state index in [0.29, 0.717) is 29.9 Å². The number of hydrogen-bond donors (Lipinski definition) is 1. The molecule has 2 aromatic rings. The number of nitrogens with zero attached hydrogens (tertiary/aromatic N) is 4. The van der Waals surface area contributed by atoms with Gasteiger partial charge in [-0.15, -0.1) is 5.10 Å². The predicted octanol–water partition coefficient (Wildman–Crippen LogP) is 1.90. The minimum atomic E-state index is -0.850. The molecule has 20 heavy (non-hydrogen) atoms. The maximum atomic E-state index is 13.3. The van der Waals surface area contributed by atoms with E-state index >= 15 is 0 Å². The lowest BCUT2D eigenvalue weighted by Crippen LogP contribution is -2.14. The van der Waals surface area contributed by atoms with Crippen LogP contribution in [0, 0.1) is 18.7 Å². The number of halogens is 1. The lowest BCUT2D eigenvalue weighted by atomic mass is 10.1. The minimum Gasteiger partial charge on any atom is -0.481 e. The molecule has 0 aliphatic carbocycles. The van der Waals surface area contributed by atoms with Crippen molar-refractivity contribution >= 4 is 5.97 Å². The second kappa shape index (κ2) is 5.77. The van der Waals surface area contributed by atoms with Gasteiger partial charge in [-0.05, 0) is 47.5 Å². The summed E-state index contributed by atoms with van der Waals surface area (Å²) in [7, 11) is 0. The molecule has 1 N–H and O–H groups in total. The van der Waals surface area contributed by atoms with Crippen LogP contribution in [0.1, 0.15) is 18.9 Å². The van der Waals surface area contributed by atoms with E-state index in [1.165, 1.54) is 10.7 Å². The Morgan fingerprint density at radius 1 is 1.50 bits per heavy atom. The molecule has 0 radical (unpaired) electrons. The number of aliphatic carboxylic acids is 1. The molecule has 0 fully saturated rings. The molecule has 0 spiro atoms. The number of aryl methyl sites for hydroxylation is 2. The molecular formula is C13H15FN4O2. The van der Waals surface area contributed by atoms with Gasteiger partial charge in [0.25, 0.3) is 0 Å². The average Bonchev–Trinajstić information content (AvgIpc) is 2.87. The van der Waals surface area contributed by atoms with Crippen molar-refractivity contribution < 1.29 is 14.3 Å². The summed E-state index contributed by atoms with van der Waals surface area (Å²) in [6.07, 6.45) is 0.424. The summed E-state index contributed by atoms with van der Waals surface area (Å²) in [5.41, 5.74) is 1.22. The number of carbonyl (C=O) groups is 1. The van der Waals surface area contributed by atoms with Crippen LogP contribution in [0.15, 0.2) is 18.2 Å². The van der Waals surface area contributed by atoms with Crippen molar-refractivity contribution in [3.63, 3.8) is 0 Å². The van der Waals surface area contributed by atoms with E-state index in [-0.39, 0.29) is 5.82 Å². The molecule has 7 heteroatoms. The first kappa shape index (κ1) is 14.1. The second-order valence-electron chi connectivity index (χ2n) is 4.72. The molecule has 1 heterocycles. The largest absolute Gasteiger partial charge is 0.481 e. The molecular weight excluding hydrogens is 263 g/mol. The monoisotopic (exact) mass is 278 g/mol. The van der Waals surface area contributed by atoms with E-state index in [9.17, 15) is 9.18 Å². The number of hydrogen-bond acceptors (Lipinski definition) is 4. The van der Waals surface area contributed by atoms with Crippen molar-refractivity contribution in [3.8, 4) is 11.4 Å². The molecule has 1 atom stereocenters. The van der Waals surface area contributed by atoms with Crippen molar-refractivity contribution in [2.75, 3.05) is 0 Å². The first-order valence-corrected chi connectivity index (χ1v) is 6.24. The fourth-order valence-corrected chi connectivity index (χ4v) is 1.79. The van der Waals surface area contributed by atoms with E-state index in [4.69, 9.17) is 5.11 Å². The van der Waals surface area contributed by atoms with Gasteiger partial charge in [-0.25, -0.2) is 9.07 Å². The van der Waals surface area contributed by atoms with Gasteiger partial charge in [0, 0.05) is 12.1 Å². The van der Waals surface area contributed by atoms with Crippen LogP contribution < -0.4 is 0 Å². The van der Waals surface area contributed by atoms with Crippen LogP contribution >= 0.6 is 0 Å². The standard InChI is InChI=1S/C13H15FN4O2/c1-8(13(19)20)5-6-18-12(15-16-17-18)10-3-4-11(14)9(2)7-10/h3-4,7-8H,5-6H2,1-2H3,(H,19,20). The molecule has 6 nitrogen and oxygen atoms in total. The molecule has 0 saturated heterocycles. The lowest BCUT2D eigenvalue weighted by Gasteiger charge is -2.08. The number of tetrazole rings is 1. The van der Waals surface area contributed by atoms with Gasteiger partial charge in [0.15, 0.2) is 5.82 Å². The Kier molecular flexibility index (Phi) is 4.07. The first-order chi connectivity index (χ1) is 9.49. The molecule has 0 amide bonds. The third kappa shape index (κ3) is 2.98. The third-order valence-electron chi connectivity index (χ3n) is 3.14. The maximum Gasteiger partial charge on any atom is 0.306 e. The van der Waals surface area contributed by atoms with Gasteiger partial charge in [0.05, 0.1) is 5.92 Å². The molecule has 1 unspecified atom stereocenters. The normalized spacial score (nSPS) is 12.3. The zero-order valence-electron chi connectivity index (χ0n) is 11.2. The quantitative estimate of drug-likeness (QED) is 0.903. The van der Waals surface area contributed by atoms with Crippen molar-refractivity contribution in [1.82, 2.24) is 20.2 Å². The summed E-state index contributed by atoms with van der Waals surface area (Å²) < 4.78 is 14.8. The number of carboxylic acid groups (broad SMARTS) is 1. The average molecular weight is 278 g/mol. The summed E-state index contributed by atoms with van der Waals surface area (Å²) in [5, 5.41) is 20.2. The molecule has 106 valence electrons. The van der Waals surface area contributed by atoms with Gasteiger partial charge in [-0.1, -0.05) is 6.92 Å². The highest BCUT2D eigenvalue weighted by molar-refractivity contribution is 5.69. The Balaban J connectivity index is 2.19. The lowest BCUT2D eigenvalue weighted by molar-refractivity contribution is -0.141. The first-order valence-electron chi connectivity index (χ1n) is 6.24. The molecule has 0 aliphatic heterocycles. The minimum absolute atomic E-state index is 0.285. The van der Waals surface area contributed by atoms with Gasteiger partial charge in [0.2, 0.25) is 0 Å². The van der Waals surface area contributed by atoms with Crippen LogP contribution in [-0.2, 0) is 11.3 Å². The predicted molar refractivity (Wildman–Crippen MR) is 69.4 cm³/mol. The number of rotatable bonds is 5. The Bertz CT molecular complexity index is 627. The molecule has 0 saturated carbocycles. The van der Waals surface area contributed by atoms with Gasteiger partial charge in [0.1, 0.15) is 5.82 Å². The Hall–Kier alpha value is -2.31. The van der Waals surface area contributed by atoms with Crippen LogP contribution in [0.2, 0.25) is 0 Å². The van der Waals surface area contributed by atoms with Crippen molar-refractivity contribution in [3.05, 3.63) is 29.6 Å². The highest BCUT2D eigenvalue weighted by Crippen LogP contribution is 2.19. The maximum absolute atomic E-state index is 13.3. The van der Waals surface area contributed by atoms with Crippen LogP contribution in [0.5, 0.6) is 0 Å². The Morgan fingerprint density at radius 3 is 2.90 bits per heavy atom. The highest BCUT2D eigenvalue weighted by Gasteiger charge is 2.14. The summed E-state index contributed by atoms with van der Waals surface area (Å²) in [4.78, 5) is 10.8. The fourth-order valence-electron chi connectivity index (χ4n) is 1.79. The zero-order valence-corrected chi connectivity index (χ0v) is 11.2. The highest BCUT2D eigenvalue weighted by atomic mass is 19.1. The van der Waals surface area contributed by atoms with Crippen molar-refractivity contribution in [1.29, 1.82) is 0 Å². The molecule has 0 bridgehead atoms. The van der Waals surface area contributed by atoms with Crippen LogP contribution in [0.3, 0.4) is 0 Å². The fraction of sp³-hybridized carbons (Fsp3) is 0.385. The van der Waals surface area contributed by atoms with Crippen LogP contribution in [0.25, 0.3) is 11.4 Å². The molecule has 0 aliphatic rings. The number of aromatic nitrogens is 4. The summed E-state index contributed by atoms with van der Waals surface area (Å²) in [5.74, 6) is -1.10. The van der Waals surface area contributed by atoms with E-state index < -0.39 is 11.9 Å². The van der Waals surface area contributed by atoms with Crippen LogP contribution in [-0.4, -0.2) is 31.3 Å². The SMILES string of the molecule is Cc1cc(-c2nnnn2CCC(C)C(=O)O)ccc1F. The van der Waals surface area contributed by atoms with E-state index in [2.05, 4.69) is 15.5 Å². The topological polar surface area (TPSA) is 80.9 Å². The van der Waals surface area contributed by atoms with Gasteiger partial charge in [-0.2, -0.15) is 0 Å². The summed E-state index contributed by atoms with van der Waals surface area (Å²) in [6.45, 7) is 3.69. The van der Waals surface area contributed by atoms with Crippen molar-refractivity contribution in [2.45, 2.75) is 26.8 Å². The van der Waals surface area contributed by atoms with E-state index in [0.717, 1.165) is 0 Å².